The molecule has 0 aliphatic rings. The van der Waals surface area contributed by atoms with Crippen molar-refractivity contribution in [2.75, 3.05) is 18.9 Å². The van der Waals surface area contributed by atoms with E-state index in [1.807, 2.05) is 12.1 Å². The molecule has 0 radical (unpaired) electrons. The minimum atomic E-state index is 0.247. The Kier molecular flexibility index (Phi) is 7.69. The number of halogens is 1. The Bertz CT molecular complexity index is 333. The summed E-state index contributed by atoms with van der Waals surface area (Å²) in [6.07, 6.45) is 1.96. The van der Waals surface area contributed by atoms with Crippen LogP contribution in [0, 0.1) is 0 Å². The SMILES string of the molecule is CCCNCc1ccc(Cl)cc1SCCCO. The van der Waals surface area contributed by atoms with Gasteiger partial charge in [-0.3, -0.25) is 0 Å². The predicted molar refractivity (Wildman–Crippen MR) is 75.9 cm³/mol. The third-order valence-electron chi connectivity index (χ3n) is 2.33. The number of rotatable bonds is 8. The molecular formula is C13H20ClNOS. The zero-order valence-electron chi connectivity index (χ0n) is 10.2. The van der Waals surface area contributed by atoms with E-state index in [4.69, 9.17) is 16.7 Å². The van der Waals surface area contributed by atoms with E-state index < -0.39 is 0 Å². The molecule has 4 heteroatoms. The van der Waals surface area contributed by atoms with Gasteiger partial charge in [0.05, 0.1) is 0 Å². The second-order valence-corrected chi connectivity index (χ2v) is 5.43. The Balaban J connectivity index is 2.59. The van der Waals surface area contributed by atoms with Gasteiger partial charge in [0.25, 0.3) is 0 Å². The van der Waals surface area contributed by atoms with Crippen molar-refractivity contribution >= 4 is 23.4 Å². The van der Waals surface area contributed by atoms with E-state index in [1.54, 1.807) is 11.8 Å². The highest BCUT2D eigenvalue weighted by Crippen LogP contribution is 2.26. The van der Waals surface area contributed by atoms with Gasteiger partial charge in [-0.05, 0) is 37.1 Å². The molecule has 0 saturated heterocycles. The Morgan fingerprint density at radius 2 is 2.24 bits per heavy atom. The fourth-order valence-electron chi connectivity index (χ4n) is 1.46. The maximum absolute atomic E-state index is 8.79. The first-order chi connectivity index (χ1) is 8.27. The van der Waals surface area contributed by atoms with Crippen molar-refractivity contribution < 1.29 is 5.11 Å². The third-order valence-corrected chi connectivity index (χ3v) is 3.75. The van der Waals surface area contributed by atoms with E-state index in [0.29, 0.717) is 0 Å². The first-order valence-corrected chi connectivity index (χ1v) is 7.37. The van der Waals surface area contributed by atoms with Crippen molar-refractivity contribution in [3.05, 3.63) is 28.8 Å². The highest BCUT2D eigenvalue weighted by molar-refractivity contribution is 7.99. The van der Waals surface area contributed by atoms with Gasteiger partial charge in [0.1, 0.15) is 0 Å². The van der Waals surface area contributed by atoms with Crippen molar-refractivity contribution in [1.82, 2.24) is 5.32 Å². The summed E-state index contributed by atoms with van der Waals surface area (Å²) in [6.45, 7) is 4.32. The standard InChI is InChI=1S/C13H20ClNOS/c1-2-6-15-10-11-4-5-12(14)9-13(11)17-8-3-7-16/h4-5,9,15-16H,2-3,6-8,10H2,1H3. The lowest BCUT2D eigenvalue weighted by Gasteiger charge is -2.10. The smallest absolute Gasteiger partial charge is 0.0439 e. The van der Waals surface area contributed by atoms with E-state index in [9.17, 15) is 0 Å². The Labute approximate surface area is 113 Å². The van der Waals surface area contributed by atoms with Gasteiger partial charge in [0.2, 0.25) is 0 Å². The molecule has 0 aliphatic heterocycles. The van der Waals surface area contributed by atoms with Gasteiger partial charge in [0, 0.05) is 28.8 Å². The minimum Gasteiger partial charge on any atom is -0.396 e. The van der Waals surface area contributed by atoms with Gasteiger partial charge in [0.15, 0.2) is 0 Å². The number of benzene rings is 1. The summed E-state index contributed by atoms with van der Waals surface area (Å²) in [7, 11) is 0. The molecule has 0 amide bonds. The molecule has 0 aliphatic carbocycles. The average Bonchev–Trinajstić information content (AvgIpc) is 2.32. The molecule has 1 aromatic carbocycles. The van der Waals surface area contributed by atoms with Gasteiger partial charge in [-0.15, -0.1) is 11.8 Å². The van der Waals surface area contributed by atoms with Crippen LogP contribution in [0.4, 0.5) is 0 Å². The normalized spacial score (nSPS) is 10.8. The summed E-state index contributed by atoms with van der Waals surface area (Å²) < 4.78 is 0. The van der Waals surface area contributed by atoms with Gasteiger partial charge in [-0.25, -0.2) is 0 Å². The molecule has 2 nitrogen and oxygen atoms in total. The predicted octanol–water partition coefficient (Wildman–Crippen LogP) is 3.31. The second-order valence-electron chi connectivity index (χ2n) is 3.85. The van der Waals surface area contributed by atoms with Crippen molar-refractivity contribution in [3.8, 4) is 0 Å². The second kappa shape index (κ2) is 8.81. The van der Waals surface area contributed by atoms with Crippen molar-refractivity contribution in [3.63, 3.8) is 0 Å². The van der Waals surface area contributed by atoms with Crippen LogP contribution in [-0.2, 0) is 6.54 Å². The highest BCUT2D eigenvalue weighted by atomic mass is 35.5. The van der Waals surface area contributed by atoms with Crippen LogP contribution in [0.2, 0.25) is 5.02 Å². The molecule has 0 saturated carbocycles. The number of aliphatic hydroxyl groups excluding tert-OH is 1. The van der Waals surface area contributed by atoms with E-state index in [1.165, 1.54) is 10.5 Å². The van der Waals surface area contributed by atoms with Crippen molar-refractivity contribution in [2.45, 2.75) is 31.2 Å². The molecule has 0 atom stereocenters. The van der Waals surface area contributed by atoms with Crippen LogP contribution < -0.4 is 5.32 Å². The molecule has 0 fully saturated rings. The Hall–Kier alpha value is -0.220. The largest absolute Gasteiger partial charge is 0.396 e. The molecule has 0 aromatic heterocycles. The third kappa shape index (κ3) is 5.77. The lowest BCUT2D eigenvalue weighted by molar-refractivity contribution is 0.296. The summed E-state index contributed by atoms with van der Waals surface area (Å²) in [5, 5.41) is 13.0. The molecular weight excluding hydrogens is 254 g/mol. The van der Waals surface area contributed by atoms with Crippen LogP contribution in [0.3, 0.4) is 0 Å². The maximum Gasteiger partial charge on any atom is 0.0439 e. The monoisotopic (exact) mass is 273 g/mol. The van der Waals surface area contributed by atoms with Gasteiger partial charge < -0.3 is 10.4 Å². The molecule has 0 bridgehead atoms. The molecule has 17 heavy (non-hydrogen) atoms. The molecule has 1 rings (SSSR count). The first-order valence-electron chi connectivity index (χ1n) is 6.00. The minimum absolute atomic E-state index is 0.247. The van der Waals surface area contributed by atoms with Crippen LogP contribution in [0.25, 0.3) is 0 Å². The molecule has 0 unspecified atom stereocenters. The topological polar surface area (TPSA) is 32.3 Å². The number of hydrogen-bond acceptors (Lipinski definition) is 3. The summed E-state index contributed by atoms with van der Waals surface area (Å²) >= 11 is 7.77. The summed E-state index contributed by atoms with van der Waals surface area (Å²) in [6, 6.07) is 6.01. The summed E-state index contributed by atoms with van der Waals surface area (Å²) in [5.41, 5.74) is 1.28. The van der Waals surface area contributed by atoms with E-state index in [0.717, 1.165) is 36.7 Å². The zero-order chi connectivity index (χ0) is 12.5. The lowest BCUT2D eigenvalue weighted by atomic mass is 10.2. The Morgan fingerprint density at radius 3 is 2.94 bits per heavy atom. The van der Waals surface area contributed by atoms with Crippen LogP contribution in [0.5, 0.6) is 0 Å². The zero-order valence-corrected chi connectivity index (χ0v) is 11.8. The van der Waals surface area contributed by atoms with E-state index in [-0.39, 0.29) is 6.61 Å². The van der Waals surface area contributed by atoms with Gasteiger partial charge in [-0.2, -0.15) is 0 Å². The van der Waals surface area contributed by atoms with Crippen LogP contribution in [0.15, 0.2) is 23.1 Å². The lowest BCUT2D eigenvalue weighted by Crippen LogP contribution is -2.14. The van der Waals surface area contributed by atoms with Crippen molar-refractivity contribution in [1.29, 1.82) is 0 Å². The number of hydrogen-bond donors (Lipinski definition) is 2. The quantitative estimate of drug-likeness (QED) is 0.563. The highest BCUT2D eigenvalue weighted by Gasteiger charge is 2.04. The van der Waals surface area contributed by atoms with E-state index >= 15 is 0 Å². The van der Waals surface area contributed by atoms with Crippen LogP contribution in [-0.4, -0.2) is 24.0 Å². The van der Waals surface area contributed by atoms with Crippen LogP contribution >= 0.6 is 23.4 Å². The molecule has 1 aromatic rings. The average molecular weight is 274 g/mol. The number of aliphatic hydroxyl groups is 1. The summed E-state index contributed by atoms with van der Waals surface area (Å²) in [4.78, 5) is 1.22. The molecule has 0 heterocycles. The maximum atomic E-state index is 8.79. The number of thioether (sulfide) groups is 1. The van der Waals surface area contributed by atoms with E-state index in [2.05, 4.69) is 18.3 Å². The number of nitrogens with one attached hydrogen (secondary N) is 1. The van der Waals surface area contributed by atoms with Crippen LogP contribution in [0.1, 0.15) is 25.3 Å². The fraction of sp³-hybridized carbons (Fsp3) is 0.538. The molecule has 96 valence electrons. The molecule has 2 N–H and O–H groups in total. The van der Waals surface area contributed by atoms with Crippen molar-refractivity contribution in [2.24, 2.45) is 0 Å². The van der Waals surface area contributed by atoms with Gasteiger partial charge >= 0.3 is 0 Å². The van der Waals surface area contributed by atoms with Gasteiger partial charge in [-0.1, -0.05) is 24.6 Å². The fourth-order valence-corrected chi connectivity index (χ4v) is 2.72. The molecule has 0 spiro atoms. The first kappa shape index (κ1) is 14.8. The Morgan fingerprint density at radius 1 is 1.41 bits per heavy atom. The summed E-state index contributed by atoms with van der Waals surface area (Å²) in [5.74, 6) is 0.928.